The average Bonchev–Trinajstić information content (AvgIpc) is 3.07. The van der Waals surface area contributed by atoms with Crippen LogP contribution in [0.3, 0.4) is 0 Å². The third kappa shape index (κ3) is 6.24. The number of nitrogens with one attached hydrogen (secondary N) is 3. The maximum atomic E-state index is 13.5. The van der Waals surface area contributed by atoms with Gasteiger partial charge in [-0.05, 0) is 32.0 Å². The number of carbonyl (C=O) groups excluding carboxylic acids is 3. The van der Waals surface area contributed by atoms with E-state index in [2.05, 4.69) is 16.0 Å². The molecule has 3 N–H and O–H groups in total. The average molecular weight is 386 g/mol. The van der Waals surface area contributed by atoms with Crippen molar-refractivity contribution in [2.75, 3.05) is 25.5 Å². The van der Waals surface area contributed by atoms with Crippen molar-refractivity contribution in [2.24, 2.45) is 0 Å². The van der Waals surface area contributed by atoms with Crippen LogP contribution in [0.4, 0.5) is 23.7 Å². The number of nitrogens with zero attached hydrogens (tertiary/aromatic N) is 1. The minimum absolute atomic E-state index is 0.0623. The van der Waals surface area contributed by atoms with Gasteiger partial charge in [0.25, 0.3) is 0 Å². The van der Waals surface area contributed by atoms with Gasteiger partial charge in [-0.1, -0.05) is 12.8 Å². The number of likely N-dealkylation sites (N-methyl/N-ethyl adjacent to an activating group) is 1. The van der Waals surface area contributed by atoms with Gasteiger partial charge < -0.3 is 10.6 Å². The number of amides is 4. The maximum Gasteiger partial charge on any atom is 0.321 e. The number of hydrogen-bond acceptors (Lipinski definition) is 4. The molecule has 1 aliphatic carbocycles. The van der Waals surface area contributed by atoms with Gasteiger partial charge in [0.05, 0.1) is 18.8 Å². The minimum Gasteiger partial charge on any atom is -0.335 e. The van der Waals surface area contributed by atoms with Crippen LogP contribution < -0.4 is 16.0 Å². The van der Waals surface area contributed by atoms with Crippen LogP contribution in [0.15, 0.2) is 12.1 Å². The largest absolute Gasteiger partial charge is 0.335 e. The molecule has 2 rings (SSSR count). The molecule has 0 unspecified atom stereocenters. The molecule has 0 bridgehead atoms. The summed E-state index contributed by atoms with van der Waals surface area (Å²) in [7, 11) is 1.44. The smallest absolute Gasteiger partial charge is 0.321 e. The van der Waals surface area contributed by atoms with Gasteiger partial charge in [0.2, 0.25) is 11.8 Å². The number of hydrogen-bond donors (Lipinski definition) is 3. The maximum absolute atomic E-state index is 13.5. The van der Waals surface area contributed by atoms with E-state index >= 15 is 0 Å². The Balaban J connectivity index is 1.76. The second-order valence-corrected chi connectivity index (χ2v) is 6.45. The summed E-state index contributed by atoms with van der Waals surface area (Å²) in [6.07, 6.45) is 3.83. The van der Waals surface area contributed by atoms with Crippen LogP contribution in [0.2, 0.25) is 0 Å². The normalized spacial score (nSPS) is 14.3. The van der Waals surface area contributed by atoms with E-state index in [9.17, 15) is 27.6 Å². The van der Waals surface area contributed by atoms with E-state index in [1.54, 1.807) is 0 Å². The molecule has 4 amide bonds. The fraction of sp³-hybridized carbons (Fsp3) is 0.471. The third-order valence-corrected chi connectivity index (χ3v) is 4.08. The minimum atomic E-state index is -1.69. The molecule has 7 nitrogen and oxygen atoms in total. The topological polar surface area (TPSA) is 90.5 Å². The Labute approximate surface area is 154 Å². The molecule has 27 heavy (non-hydrogen) atoms. The van der Waals surface area contributed by atoms with Gasteiger partial charge in [0, 0.05) is 6.04 Å². The summed E-state index contributed by atoms with van der Waals surface area (Å²) in [6.45, 7) is -0.581. The molecule has 0 radical (unpaired) electrons. The molecule has 0 saturated heterocycles. The number of anilines is 1. The SMILES string of the molecule is CN(CC(=O)NC(=O)NC1CCCC1)CC(=O)Nc1ccc(F)c(F)c1F. The van der Waals surface area contributed by atoms with Gasteiger partial charge >= 0.3 is 6.03 Å². The predicted octanol–water partition coefficient (Wildman–Crippen LogP) is 1.74. The molecule has 0 aliphatic heterocycles. The summed E-state index contributed by atoms with van der Waals surface area (Å²) in [5.41, 5.74) is -0.507. The highest BCUT2D eigenvalue weighted by molar-refractivity contribution is 5.96. The van der Waals surface area contributed by atoms with Crippen LogP contribution >= 0.6 is 0 Å². The van der Waals surface area contributed by atoms with Crippen molar-refractivity contribution >= 4 is 23.5 Å². The Morgan fingerprint density at radius 1 is 1.04 bits per heavy atom. The zero-order valence-electron chi connectivity index (χ0n) is 14.8. The van der Waals surface area contributed by atoms with Crippen molar-refractivity contribution in [3.63, 3.8) is 0 Å². The Hall–Kier alpha value is -2.62. The second kappa shape index (κ2) is 9.36. The van der Waals surface area contributed by atoms with Gasteiger partial charge in [0.15, 0.2) is 17.5 Å². The van der Waals surface area contributed by atoms with Crippen molar-refractivity contribution in [1.29, 1.82) is 0 Å². The van der Waals surface area contributed by atoms with Gasteiger partial charge in [0.1, 0.15) is 0 Å². The molecule has 0 spiro atoms. The summed E-state index contributed by atoms with van der Waals surface area (Å²) in [4.78, 5) is 36.7. The number of imide groups is 1. The lowest BCUT2D eigenvalue weighted by atomic mass is 10.2. The first-order valence-corrected chi connectivity index (χ1v) is 8.48. The molecular weight excluding hydrogens is 365 g/mol. The first kappa shape index (κ1) is 20.7. The number of rotatable bonds is 6. The highest BCUT2D eigenvalue weighted by Gasteiger charge is 2.20. The highest BCUT2D eigenvalue weighted by Crippen LogP contribution is 2.19. The quantitative estimate of drug-likeness (QED) is 0.650. The van der Waals surface area contributed by atoms with E-state index in [1.165, 1.54) is 11.9 Å². The molecule has 148 valence electrons. The lowest BCUT2D eigenvalue weighted by molar-refractivity contribution is -0.122. The second-order valence-electron chi connectivity index (χ2n) is 6.45. The van der Waals surface area contributed by atoms with Crippen molar-refractivity contribution in [3.05, 3.63) is 29.6 Å². The highest BCUT2D eigenvalue weighted by atomic mass is 19.2. The Morgan fingerprint density at radius 2 is 1.67 bits per heavy atom. The van der Waals surface area contributed by atoms with Gasteiger partial charge in [-0.2, -0.15) is 0 Å². The molecule has 0 aromatic heterocycles. The zero-order chi connectivity index (χ0) is 20.0. The standard InChI is InChI=1S/C17H21F3N4O3/c1-24(9-14(26)23-17(27)21-10-4-2-3-5-10)8-13(25)22-12-7-6-11(18)15(19)16(12)20/h6-7,10H,2-5,8-9H2,1H3,(H,22,25)(H2,21,23,26,27). The molecule has 0 atom stereocenters. The van der Waals surface area contributed by atoms with E-state index in [0.29, 0.717) is 6.07 Å². The van der Waals surface area contributed by atoms with Crippen LogP contribution in [-0.4, -0.2) is 48.9 Å². The monoisotopic (exact) mass is 386 g/mol. The van der Waals surface area contributed by atoms with Crippen LogP contribution in [0.5, 0.6) is 0 Å². The van der Waals surface area contributed by atoms with E-state index in [-0.39, 0.29) is 19.1 Å². The zero-order valence-corrected chi connectivity index (χ0v) is 14.8. The summed E-state index contributed by atoms with van der Waals surface area (Å²) < 4.78 is 39.5. The van der Waals surface area contributed by atoms with Crippen LogP contribution in [0, 0.1) is 17.5 Å². The molecule has 1 saturated carbocycles. The van der Waals surface area contributed by atoms with Crippen molar-refractivity contribution in [1.82, 2.24) is 15.5 Å². The van der Waals surface area contributed by atoms with Crippen LogP contribution in [0.1, 0.15) is 25.7 Å². The Morgan fingerprint density at radius 3 is 2.33 bits per heavy atom. The number of benzene rings is 1. The molecule has 1 fully saturated rings. The van der Waals surface area contributed by atoms with E-state index < -0.39 is 41.0 Å². The predicted molar refractivity (Wildman–Crippen MR) is 91.4 cm³/mol. The molecular formula is C17H21F3N4O3. The van der Waals surface area contributed by atoms with Crippen molar-refractivity contribution in [2.45, 2.75) is 31.7 Å². The summed E-state index contributed by atoms with van der Waals surface area (Å²) in [5.74, 6) is -5.90. The number of urea groups is 1. The van der Waals surface area contributed by atoms with Gasteiger partial charge in [-0.15, -0.1) is 0 Å². The molecule has 10 heteroatoms. The fourth-order valence-corrected chi connectivity index (χ4v) is 2.82. The van der Waals surface area contributed by atoms with Crippen LogP contribution in [0.25, 0.3) is 0 Å². The van der Waals surface area contributed by atoms with Gasteiger partial charge in [-0.3, -0.25) is 19.8 Å². The first-order valence-electron chi connectivity index (χ1n) is 8.48. The summed E-state index contributed by atoms with van der Waals surface area (Å²) in [6, 6.07) is 1.06. The molecule has 1 aromatic carbocycles. The fourth-order valence-electron chi connectivity index (χ4n) is 2.82. The molecule has 0 heterocycles. The third-order valence-electron chi connectivity index (χ3n) is 4.08. The molecule has 1 aromatic rings. The Bertz CT molecular complexity index is 724. The Kier molecular flexibility index (Phi) is 7.17. The number of halogens is 3. The van der Waals surface area contributed by atoms with Crippen molar-refractivity contribution in [3.8, 4) is 0 Å². The molecule has 1 aliphatic rings. The summed E-state index contributed by atoms with van der Waals surface area (Å²) >= 11 is 0. The lowest BCUT2D eigenvalue weighted by Gasteiger charge is -2.17. The van der Waals surface area contributed by atoms with E-state index in [4.69, 9.17) is 0 Å². The van der Waals surface area contributed by atoms with Crippen LogP contribution in [-0.2, 0) is 9.59 Å². The van der Waals surface area contributed by atoms with Crippen molar-refractivity contribution < 1.29 is 27.6 Å². The first-order chi connectivity index (χ1) is 12.8. The van der Waals surface area contributed by atoms with Gasteiger partial charge in [-0.25, -0.2) is 18.0 Å². The summed E-state index contributed by atoms with van der Waals surface area (Å²) in [5, 5.41) is 6.96. The number of carbonyl (C=O) groups is 3. The van der Waals surface area contributed by atoms with E-state index in [1.807, 2.05) is 0 Å². The lowest BCUT2D eigenvalue weighted by Crippen LogP contribution is -2.47. The van der Waals surface area contributed by atoms with E-state index in [0.717, 1.165) is 31.7 Å².